The highest BCUT2D eigenvalue weighted by molar-refractivity contribution is 6.13. The van der Waals surface area contributed by atoms with Crippen molar-refractivity contribution in [3.63, 3.8) is 0 Å². The third kappa shape index (κ3) is 4.08. The Kier molecular flexibility index (Phi) is 5.65. The van der Waals surface area contributed by atoms with E-state index >= 15 is 0 Å². The van der Waals surface area contributed by atoms with Crippen LogP contribution in [0.25, 0.3) is 44.7 Å². The van der Waals surface area contributed by atoms with Crippen molar-refractivity contribution < 1.29 is 4.79 Å². The van der Waals surface area contributed by atoms with Crippen molar-refractivity contribution in [3.05, 3.63) is 145 Å². The zero-order chi connectivity index (χ0) is 24.3. The number of fused-ring (bicyclic) bond motifs is 1. The number of carbonyl (C=O) groups excluding carboxylic acids is 1. The van der Waals surface area contributed by atoms with Crippen LogP contribution in [0.15, 0.2) is 133 Å². The van der Waals surface area contributed by atoms with E-state index in [1.807, 2.05) is 121 Å². The number of hydrogen-bond acceptors (Lipinski definition) is 3. The quantitative estimate of drug-likeness (QED) is 0.245. The molecule has 5 aromatic carbocycles. The monoisotopic (exact) mass is 462 g/mol. The molecule has 0 spiro atoms. The lowest BCUT2D eigenvalue weighted by Crippen LogP contribution is -2.05. The standard InChI is InChI=1S/C33H22N2O/c36-33(26-21-19-24(20-22-26)23-11-3-1-4-12-23)28-16-8-7-15-27(28)32-31(25-13-5-2-6-14-25)34-29-17-9-10-18-30(29)35-32/h1-22H. The molecule has 0 amide bonds. The minimum absolute atomic E-state index is 0.0424. The van der Waals surface area contributed by atoms with Gasteiger partial charge in [0.25, 0.3) is 0 Å². The van der Waals surface area contributed by atoms with E-state index in [1.165, 1.54) is 0 Å². The average Bonchev–Trinajstić information content (AvgIpc) is 2.97. The molecule has 6 rings (SSSR count). The zero-order valence-corrected chi connectivity index (χ0v) is 19.5. The van der Waals surface area contributed by atoms with Crippen molar-refractivity contribution >= 4 is 16.8 Å². The summed E-state index contributed by atoms with van der Waals surface area (Å²) in [5.74, 6) is -0.0424. The van der Waals surface area contributed by atoms with Crippen LogP contribution in [-0.2, 0) is 0 Å². The average molecular weight is 463 g/mol. The van der Waals surface area contributed by atoms with Crippen molar-refractivity contribution in [2.45, 2.75) is 0 Å². The fourth-order valence-corrected chi connectivity index (χ4v) is 4.47. The van der Waals surface area contributed by atoms with Gasteiger partial charge in [-0.2, -0.15) is 0 Å². The fourth-order valence-electron chi connectivity index (χ4n) is 4.47. The van der Waals surface area contributed by atoms with E-state index in [2.05, 4.69) is 12.1 Å². The first-order valence-corrected chi connectivity index (χ1v) is 11.9. The van der Waals surface area contributed by atoms with Crippen LogP contribution in [0.4, 0.5) is 0 Å². The molecular formula is C33H22N2O. The van der Waals surface area contributed by atoms with E-state index in [0.717, 1.165) is 39.0 Å². The first-order valence-electron chi connectivity index (χ1n) is 11.9. The van der Waals surface area contributed by atoms with Crippen LogP contribution in [0.5, 0.6) is 0 Å². The highest BCUT2D eigenvalue weighted by Crippen LogP contribution is 2.34. The summed E-state index contributed by atoms with van der Waals surface area (Å²) < 4.78 is 0. The van der Waals surface area contributed by atoms with Gasteiger partial charge in [-0.15, -0.1) is 0 Å². The second-order valence-electron chi connectivity index (χ2n) is 8.59. The molecular weight excluding hydrogens is 440 g/mol. The molecule has 0 atom stereocenters. The number of ketones is 1. The fraction of sp³-hybridized carbons (Fsp3) is 0. The van der Waals surface area contributed by atoms with E-state index in [-0.39, 0.29) is 5.78 Å². The molecule has 0 unspecified atom stereocenters. The van der Waals surface area contributed by atoms with Gasteiger partial charge in [0, 0.05) is 22.3 Å². The van der Waals surface area contributed by atoms with E-state index in [4.69, 9.17) is 9.97 Å². The maximum atomic E-state index is 13.8. The Morgan fingerprint density at radius 2 is 0.944 bits per heavy atom. The van der Waals surface area contributed by atoms with Gasteiger partial charge in [0.1, 0.15) is 0 Å². The van der Waals surface area contributed by atoms with Gasteiger partial charge in [0.15, 0.2) is 5.78 Å². The molecule has 170 valence electrons. The molecule has 36 heavy (non-hydrogen) atoms. The van der Waals surface area contributed by atoms with E-state index < -0.39 is 0 Å². The number of rotatable bonds is 5. The molecule has 3 nitrogen and oxygen atoms in total. The molecule has 0 saturated carbocycles. The molecule has 3 heteroatoms. The van der Waals surface area contributed by atoms with E-state index in [9.17, 15) is 4.79 Å². The highest BCUT2D eigenvalue weighted by atomic mass is 16.1. The van der Waals surface area contributed by atoms with Gasteiger partial charge in [-0.25, -0.2) is 9.97 Å². The molecule has 0 aliphatic carbocycles. The number of carbonyl (C=O) groups is 1. The second kappa shape index (κ2) is 9.40. The lowest BCUT2D eigenvalue weighted by Gasteiger charge is -2.14. The van der Waals surface area contributed by atoms with Gasteiger partial charge < -0.3 is 0 Å². The molecule has 0 aliphatic rings. The van der Waals surface area contributed by atoms with Crippen molar-refractivity contribution in [1.29, 1.82) is 0 Å². The summed E-state index contributed by atoms with van der Waals surface area (Å²) >= 11 is 0. The van der Waals surface area contributed by atoms with Gasteiger partial charge in [-0.1, -0.05) is 121 Å². The lowest BCUT2D eigenvalue weighted by atomic mass is 9.93. The summed E-state index contributed by atoms with van der Waals surface area (Å²) in [6, 6.07) is 43.4. The number of benzene rings is 5. The van der Waals surface area contributed by atoms with Crippen molar-refractivity contribution in [2.75, 3.05) is 0 Å². The first kappa shape index (κ1) is 21.6. The van der Waals surface area contributed by atoms with Crippen LogP contribution in [0.2, 0.25) is 0 Å². The van der Waals surface area contributed by atoms with E-state index in [0.29, 0.717) is 16.8 Å². The topological polar surface area (TPSA) is 42.9 Å². The van der Waals surface area contributed by atoms with Crippen molar-refractivity contribution in [2.24, 2.45) is 0 Å². The van der Waals surface area contributed by atoms with Crippen LogP contribution in [0.1, 0.15) is 15.9 Å². The SMILES string of the molecule is O=C(c1ccc(-c2ccccc2)cc1)c1ccccc1-c1nc2ccccc2nc1-c1ccccc1. The highest BCUT2D eigenvalue weighted by Gasteiger charge is 2.20. The first-order chi connectivity index (χ1) is 17.8. The van der Waals surface area contributed by atoms with Crippen molar-refractivity contribution in [1.82, 2.24) is 9.97 Å². The Bertz CT molecular complexity index is 1670. The minimum Gasteiger partial charge on any atom is -0.289 e. The Hall–Kier alpha value is -4.89. The molecule has 0 N–H and O–H groups in total. The van der Waals surface area contributed by atoms with Gasteiger partial charge in [0.2, 0.25) is 0 Å². The summed E-state index contributed by atoms with van der Waals surface area (Å²) in [4.78, 5) is 23.7. The van der Waals surface area contributed by atoms with Crippen LogP contribution < -0.4 is 0 Å². The lowest BCUT2D eigenvalue weighted by molar-refractivity contribution is 0.103. The summed E-state index contributed by atoms with van der Waals surface area (Å²) in [6.45, 7) is 0. The predicted molar refractivity (Wildman–Crippen MR) is 146 cm³/mol. The molecule has 0 aliphatic heterocycles. The Labute approximate surface area is 209 Å². The third-order valence-corrected chi connectivity index (χ3v) is 6.30. The Morgan fingerprint density at radius 1 is 0.444 bits per heavy atom. The van der Waals surface area contributed by atoms with Gasteiger partial charge in [0.05, 0.1) is 22.4 Å². The van der Waals surface area contributed by atoms with Crippen LogP contribution in [0.3, 0.4) is 0 Å². The summed E-state index contributed by atoms with van der Waals surface area (Å²) in [5, 5.41) is 0. The maximum Gasteiger partial charge on any atom is 0.193 e. The van der Waals surface area contributed by atoms with Crippen LogP contribution >= 0.6 is 0 Å². The molecule has 0 saturated heterocycles. The van der Waals surface area contributed by atoms with Crippen molar-refractivity contribution in [3.8, 4) is 33.6 Å². The number of aromatic nitrogens is 2. The van der Waals surface area contributed by atoms with Crippen LogP contribution in [0, 0.1) is 0 Å². The molecule has 0 radical (unpaired) electrons. The summed E-state index contributed by atoms with van der Waals surface area (Å²) in [5.41, 5.74) is 8.24. The smallest absolute Gasteiger partial charge is 0.193 e. The summed E-state index contributed by atoms with van der Waals surface area (Å²) in [6.07, 6.45) is 0. The third-order valence-electron chi connectivity index (χ3n) is 6.30. The van der Waals surface area contributed by atoms with E-state index in [1.54, 1.807) is 0 Å². The van der Waals surface area contributed by atoms with Gasteiger partial charge in [-0.05, 0) is 23.3 Å². The van der Waals surface area contributed by atoms with Crippen LogP contribution in [-0.4, -0.2) is 15.8 Å². The second-order valence-corrected chi connectivity index (χ2v) is 8.59. The molecule has 1 aromatic heterocycles. The number of hydrogen-bond donors (Lipinski definition) is 0. The van der Waals surface area contributed by atoms with Gasteiger partial charge in [-0.3, -0.25) is 4.79 Å². The number of nitrogens with zero attached hydrogens (tertiary/aromatic N) is 2. The predicted octanol–water partition coefficient (Wildman–Crippen LogP) is 7.86. The largest absolute Gasteiger partial charge is 0.289 e. The Morgan fingerprint density at radius 3 is 1.61 bits per heavy atom. The molecule has 6 aromatic rings. The molecule has 1 heterocycles. The zero-order valence-electron chi connectivity index (χ0n) is 19.5. The maximum absolute atomic E-state index is 13.8. The molecule has 0 fully saturated rings. The normalized spacial score (nSPS) is 10.9. The molecule has 0 bridgehead atoms. The van der Waals surface area contributed by atoms with Gasteiger partial charge >= 0.3 is 0 Å². The Balaban J connectivity index is 1.47. The summed E-state index contributed by atoms with van der Waals surface area (Å²) in [7, 11) is 0. The minimum atomic E-state index is -0.0424. The number of para-hydroxylation sites is 2.